The number of likely N-dealkylation sites (N-methyl/N-ethyl adjacent to an activating group) is 1. The van der Waals surface area contributed by atoms with Gasteiger partial charge in [-0.2, -0.15) is 0 Å². The summed E-state index contributed by atoms with van der Waals surface area (Å²) in [5.74, 6) is 1.85. The fraction of sp³-hybridized carbons (Fsp3) is 0.667. The molecule has 0 aliphatic carbocycles. The lowest BCUT2D eigenvalue weighted by atomic mass is 10.4. The Kier molecular flexibility index (Phi) is 4.14. The predicted molar refractivity (Wildman–Crippen MR) is 70.5 cm³/mol. The summed E-state index contributed by atoms with van der Waals surface area (Å²) in [6.07, 6.45) is 4.81. The highest BCUT2D eigenvalue weighted by molar-refractivity contribution is 5.43. The van der Waals surface area contributed by atoms with Crippen LogP contribution in [0.25, 0.3) is 0 Å². The molecule has 0 unspecified atom stereocenters. The average Bonchev–Trinajstić information content (AvgIpc) is 2.55. The third-order valence-electron chi connectivity index (χ3n) is 3.02. The van der Waals surface area contributed by atoms with Gasteiger partial charge in [0.2, 0.25) is 0 Å². The molecule has 0 amide bonds. The maximum absolute atomic E-state index is 4.59. The monoisotopic (exact) mass is 235 g/mol. The Morgan fingerprint density at radius 1 is 1.24 bits per heavy atom. The van der Waals surface area contributed by atoms with Gasteiger partial charge in [-0.25, -0.2) is 4.98 Å². The van der Waals surface area contributed by atoms with Crippen LogP contribution >= 0.6 is 0 Å². The number of aromatic nitrogens is 2. The molecule has 1 aromatic heterocycles. The fourth-order valence-corrected chi connectivity index (χ4v) is 2.05. The molecule has 0 saturated carbocycles. The first-order valence-corrected chi connectivity index (χ1v) is 6.29. The van der Waals surface area contributed by atoms with Gasteiger partial charge in [0.1, 0.15) is 11.6 Å². The van der Waals surface area contributed by atoms with E-state index in [1.54, 1.807) is 6.20 Å². The van der Waals surface area contributed by atoms with E-state index in [0.29, 0.717) is 0 Å². The molecule has 2 rings (SSSR count). The van der Waals surface area contributed by atoms with Gasteiger partial charge in [-0.15, -0.1) is 0 Å². The largest absolute Gasteiger partial charge is 0.369 e. The molecule has 0 atom stereocenters. The number of anilines is 2. The lowest BCUT2D eigenvalue weighted by Crippen LogP contribution is -2.29. The molecule has 17 heavy (non-hydrogen) atoms. The van der Waals surface area contributed by atoms with Crippen LogP contribution in [0.5, 0.6) is 0 Å². The third kappa shape index (κ3) is 3.30. The predicted octanol–water partition coefficient (Wildman–Crippen LogP) is 1.05. The molecule has 1 N–H and O–H groups in total. The Labute approximate surface area is 103 Å². The van der Waals surface area contributed by atoms with E-state index in [1.807, 2.05) is 6.20 Å². The van der Waals surface area contributed by atoms with Crippen LogP contribution in [0.15, 0.2) is 12.4 Å². The van der Waals surface area contributed by atoms with Crippen molar-refractivity contribution in [2.45, 2.75) is 13.3 Å². The van der Waals surface area contributed by atoms with Crippen molar-refractivity contribution in [3.63, 3.8) is 0 Å². The minimum absolute atomic E-state index is 0.864. The summed E-state index contributed by atoms with van der Waals surface area (Å²) in [7, 11) is 2.17. The average molecular weight is 235 g/mol. The minimum atomic E-state index is 0.864. The zero-order valence-electron chi connectivity index (χ0n) is 10.7. The first-order valence-electron chi connectivity index (χ1n) is 6.29. The molecule has 0 bridgehead atoms. The van der Waals surface area contributed by atoms with E-state index in [1.165, 1.54) is 6.42 Å². The second kappa shape index (κ2) is 5.82. The van der Waals surface area contributed by atoms with E-state index in [4.69, 9.17) is 0 Å². The maximum Gasteiger partial charge on any atom is 0.149 e. The molecular formula is C12H21N5. The lowest BCUT2D eigenvalue weighted by molar-refractivity contribution is 0.360. The van der Waals surface area contributed by atoms with E-state index in [-0.39, 0.29) is 0 Å². The molecule has 94 valence electrons. The summed E-state index contributed by atoms with van der Waals surface area (Å²) in [4.78, 5) is 13.5. The van der Waals surface area contributed by atoms with Crippen molar-refractivity contribution in [1.29, 1.82) is 0 Å². The topological polar surface area (TPSA) is 44.3 Å². The van der Waals surface area contributed by atoms with Crippen LogP contribution in [-0.4, -0.2) is 54.6 Å². The van der Waals surface area contributed by atoms with Crippen LogP contribution in [0.2, 0.25) is 0 Å². The van der Waals surface area contributed by atoms with Crippen molar-refractivity contribution in [2.24, 2.45) is 0 Å². The van der Waals surface area contributed by atoms with Crippen molar-refractivity contribution in [3.05, 3.63) is 12.4 Å². The quantitative estimate of drug-likeness (QED) is 0.848. The molecule has 0 radical (unpaired) electrons. The molecule has 1 aliphatic heterocycles. The zero-order valence-corrected chi connectivity index (χ0v) is 10.7. The first kappa shape index (κ1) is 12.1. The summed E-state index contributed by atoms with van der Waals surface area (Å²) >= 11 is 0. The summed E-state index contributed by atoms with van der Waals surface area (Å²) in [6, 6.07) is 0. The van der Waals surface area contributed by atoms with Gasteiger partial charge in [-0.05, 0) is 26.9 Å². The van der Waals surface area contributed by atoms with Gasteiger partial charge in [0.25, 0.3) is 0 Å². The Morgan fingerprint density at radius 2 is 2.12 bits per heavy atom. The van der Waals surface area contributed by atoms with Gasteiger partial charge >= 0.3 is 0 Å². The van der Waals surface area contributed by atoms with Gasteiger partial charge in [-0.3, -0.25) is 4.98 Å². The van der Waals surface area contributed by atoms with E-state index in [0.717, 1.165) is 44.4 Å². The molecule has 0 spiro atoms. The summed E-state index contributed by atoms with van der Waals surface area (Å²) in [6.45, 7) is 7.29. The minimum Gasteiger partial charge on any atom is -0.369 e. The Bertz CT molecular complexity index is 355. The van der Waals surface area contributed by atoms with E-state index >= 15 is 0 Å². The summed E-state index contributed by atoms with van der Waals surface area (Å²) in [5.41, 5.74) is 0. The first-order chi connectivity index (χ1) is 8.29. The highest BCUT2D eigenvalue weighted by atomic mass is 15.3. The second-order valence-corrected chi connectivity index (χ2v) is 4.44. The normalized spacial score (nSPS) is 17.9. The standard InChI is InChI=1S/C12H21N5/c1-3-14-11-9-13-10-12(15-11)17-6-4-5-16(2)7-8-17/h9-10H,3-8H2,1-2H3,(H,14,15). The summed E-state index contributed by atoms with van der Waals surface area (Å²) < 4.78 is 0. The van der Waals surface area contributed by atoms with Crippen LogP contribution in [0, 0.1) is 0 Å². The number of hydrogen-bond donors (Lipinski definition) is 1. The molecule has 5 heteroatoms. The van der Waals surface area contributed by atoms with Crippen LogP contribution in [0.1, 0.15) is 13.3 Å². The lowest BCUT2D eigenvalue weighted by Gasteiger charge is -2.21. The third-order valence-corrected chi connectivity index (χ3v) is 3.02. The molecule has 2 heterocycles. The SMILES string of the molecule is CCNc1cncc(N2CCCN(C)CC2)n1. The molecule has 1 saturated heterocycles. The van der Waals surface area contributed by atoms with E-state index in [9.17, 15) is 0 Å². The van der Waals surface area contributed by atoms with Crippen LogP contribution in [0.3, 0.4) is 0 Å². The van der Waals surface area contributed by atoms with Crippen molar-refractivity contribution < 1.29 is 0 Å². The molecular weight excluding hydrogens is 214 g/mol. The Hall–Kier alpha value is -1.36. The highest BCUT2D eigenvalue weighted by Crippen LogP contribution is 2.14. The number of hydrogen-bond acceptors (Lipinski definition) is 5. The van der Waals surface area contributed by atoms with Gasteiger partial charge in [0.15, 0.2) is 0 Å². The Morgan fingerprint density at radius 3 is 2.94 bits per heavy atom. The number of nitrogens with one attached hydrogen (secondary N) is 1. The van der Waals surface area contributed by atoms with Crippen LogP contribution in [-0.2, 0) is 0 Å². The molecule has 1 fully saturated rings. The number of nitrogens with zero attached hydrogens (tertiary/aromatic N) is 4. The molecule has 1 aromatic rings. The zero-order chi connectivity index (χ0) is 12.1. The van der Waals surface area contributed by atoms with Crippen molar-refractivity contribution in [1.82, 2.24) is 14.9 Å². The second-order valence-electron chi connectivity index (χ2n) is 4.44. The van der Waals surface area contributed by atoms with Crippen molar-refractivity contribution >= 4 is 11.6 Å². The molecule has 1 aliphatic rings. The van der Waals surface area contributed by atoms with Crippen LogP contribution < -0.4 is 10.2 Å². The smallest absolute Gasteiger partial charge is 0.149 e. The summed E-state index contributed by atoms with van der Waals surface area (Å²) in [5, 5.41) is 3.20. The van der Waals surface area contributed by atoms with Gasteiger partial charge in [0, 0.05) is 26.2 Å². The fourth-order valence-electron chi connectivity index (χ4n) is 2.05. The van der Waals surface area contributed by atoms with Gasteiger partial charge in [-0.1, -0.05) is 0 Å². The molecule has 0 aromatic carbocycles. The van der Waals surface area contributed by atoms with Gasteiger partial charge in [0.05, 0.1) is 12.4 Å². The van der Waals surface area contributed by atoms with E-state index < -0.39 is 0 Å². The Balaban J connectivity index is 2.07. The van der Waals surface area contributed by atoms with E-state index in [2.05, 4.69) is 39.1 Å². The number of rotatable bonds is 3. The maximum atomic E-state index is 4.59. The van der Waals surface area contributed by atoms with Crippen LogP contribution in [0.4, 0.5) is 11.6 Å². The highest BCUT2D eigenvalue weighted by Gasteiger charge is 2.13. The molecule has 5 nitrogen and oxygen atoms in total. The van der Waals surface area contributed by atoms with Crippen molar-refractivity contribution in [3.8, 4) is 0 Å². The van der Waals surface area contributed by atoms with Crippen molar-refractivity contribution in [2.75, 3.05) is 50.0 Å². The van der Waals surface area contributed by atoms with Gasteiger partial charge < -0.3 is 15.1 Å².